The summed E-state index contributed by atoms with van der Waals surface area (Å²) in [6, 6.07) is 7.77. The molecule has 0 saturated heterocycles. The molecule has 2 heterocycles. The fourth-order valence-electron chi connectivity index (χ4n) is 3.15. The molecule has 0 saturated carbocycles. The SMILES string of the molecule is CC(Nc1ncnc2c1cc(Br)c(=O)n2C)c1cccc(C(F)F)c1CC#N. The first-order valence-electron chi connectivity index (χ1n) is 8.38. The van der Waals surface area contributed by atoms with E-state index < -0.39 is 12.5 Å². The Kier molecular flexibility index (Phi) is 5.70. The highest BCUT2D eigenvalue weighted by molar-refractivity contribution is 9.10. The minimum absolute atomic E-state index is 0.119. The molecule has 1 unspecified atom stereocenters. The van der Waals surface area contributed by atoms with Crippen molar-refractivity contribution in [3.63, 3.8) is 0 Å². The van der Waals surface area contributed by atoms with Gasteiger partial charge in [0.05, 0.1) is 28.4 Å². The topological polar surface area (TPSA) is 83.6 Å². The lowest BCUT2D eigenvalue weighted by Gasteiger charge is -2.21. The van der Waals surface area contributed by atoms with E-state index in [4.69, 9.17) is 5.26 Å². The second kappa shape index (κ2) is 8.02. The number of hydrogen-bond donors (Lipinski definition) is 1. The minimum atomic E-state index is -2.67. The predicted molar refractivity (Wildman–Crippen MR) is 105 cm³/mol. The number of halogens is 3. The number of aryl methyl sites for hydroxylation is 1. The average Bonchev–Trinajstić information content (AvgIpc) is 2.67. The molecule has 0 spiro atoms. The van der Waals surface area contributed by atoms with Crippen molar-refractivity contribution in [3.8, 4) is 6.07 Å². The summed E-state index contributed by atoms with van der Waals surface area (Å²) < 4.78 is 28.5. The van der Waals surface area contributed by atoms with Crippen LogP contribution in [0.1, 0.15) is 36.1 Å². The lowest BCUT2D eigenvalue weighted by molar-refractivity contribution is 0.150. The molecular weight excluding hydrogens is 432 g/mol. The van der Waals surface area contributed by atoms with Crippen molar-refractivity contribution in [1.29, 1.82) is 5.26 Å². The van der Waals surface area contributed by atoms with Crippen LogP contribution in [0.2, 0.25) is 0 Å². The van der Waals surface area contributed by atoms with Gasteiger partial charge in [0.2, 0.25) is 0 Å². The molecule has 0 aliphatic rings. The molecule has 0 aliphatic carbocycles. The third-order valence-electron chi connectivity index (χ3n) is 4.52. The van der Waals surface area contributed by atoms with Gasteiger partial charge in [-0.25, -0.2) is 18.7 Å². The van der Waals surface area contributed by atoms with E-state index in [1.54, 1.807) is 32.2 Å². The zero-order valence-corrected chi connectivity index (χ0v) is 16.7. The Morgan fingerprint density at radius 2 is 2.04 bits per heavy atom. The van der Waals surface area contributed by atoms with Crippen LogP contribution >= 0.6 is 15.9 Å². The Hall–Kier alpha value is -2.86. The molecule has 3 rings (SSSR count). The number of aromatic nitrogens is 3. The molecule has 2 aromatic heterocycles. The molecule has 3 aromatic rings. The lowest BCUT2D eigenvalue weighted by Crippen LogP contribution is -2.19. The van der Waals surface area contributed by atoms with Crippen molar-refractivity contribution in [2.75, 3.05) is 5.32 Å². The van der Waals surface area contributed by atoms with Gasteiger partial charge in [0.15, 0.2) is 0 Å². The van der Waals surface area contributed by atoms with Crippen LogP contribution in [0.3, 0.4) is 0 Å². The summed E-state index contributed by atoms with van der Waals surface area (Å²) in [5, 5.41) is 12.9. The van der Waals surface area contributed by atoms with E-state index in [2.05, 4.69) is 31.2 Å². The van der Waals surface area contributed by atoms with Gasteiger partial charge in [-0.15, -0.1) is 0 Å². The number of rotatable bonds is 5. The molecular formula is C19H16BrF2N5O. The van der Waals surface area contributed by atoms with E-state index in [0.717, 1.165) is 0 Å². The molecule has 1 N–H and O–H groups in total. The maximum atomic E-state index is 13.4. The van der Waals surface area contributed by atoms with Gasteiger partial charge in [0.25, 0.3) is 12.0 Å². The van der Waals surface area contributed by atoms with Crippen molar-refractivity contribution >= 4 is 32.8 Å². The zero-order chi connectivity index (χ0) is 20.4. The smallest absolute Gasteiger partial charge is 0.266 e. The summed E-state index contributed by atoms with van der Waals surface area (Å²) in [6.45, 7) is 1.80. The van der Waals surface area contributed by atoms with Gasteiger partial charge in [-0.05, 0) is 40.0 Å². The average molecular weight is 448 g/mol. The molecule has 0 radical (unpaired) electrons. The molecule has 0 aliphatic heterocycles. The van der Waals surface area contributed by atoms with Gasteiger partial charge >= 0.3 is 0 Å². The maximum absolute atomic E-state index is 13.4. The molecule has 28 heavy (non-hydrogen) atoms. The molecule has 1 atom stereocenters. The highest BCUT2D eigenvalue weighted by Crippen LogP contribution is 2.31. The van der Waals surface area contributed by atoms with Gasteiger partial charge in [-0.2, -0.15) is 5.26 Å². The second-order valence-corrected chi connectivity index (χ2v) is 7.09. The van der Waals surface area contributed by atoms with E-state index in [9.17, 15) is 13.6 Å². The van der Waals surface area contributed by atoms with Crippen LogP contribution < -0.4 is 10.9 Å². The zero-order valence-electron chi connectivity index (χ0n) is 15.1. The molecule has 6 nitrogen and oxygen atoms in total. The van der Waals surface area contributed by atoms with E-state index in [-0.39, 0.29) is 17.5 Å². The maximum Gasteiger partial charge on any atom is 0.266 e. The number of fused-ring (bicyclic) bond motifs is 1. The quantitative estimate of drug-likeness (QED) is 0.631. The summed E-state index contributed by atoms with van der Waals surface area (Å²) in [4.78, 5) is 20.5. The normalized spacial score (nSPS) is 12.2. The summed E-state index contributed by atoms with van der Waals surface area (Å²) in [5.74, 6) is 0.458. The molecule has 0 bridgehead atoms. The van der Waals surface area contributed by atoms with Crippen LogP contribution in [0.25, 0.3) is 11.0 Å². The molecule has 0 amide bonds. The number of alkyl halides is 2. The van der Waals surface area contributed by atoms with E-state index in [1.165, 1.54) is 17.0 Å². The molecule has 1 aromatic carbocycles. The first-order chi connectivity index (χ1) is 13.3. The number of anilines is 1. The predicted octanol–water partition coefficient (Wildman–Crippen LogP) is 4.27. The second-order valence-electron chi connectivity index (χ2n) is 6.23. The molecule has 0 fully saturated rings. The Bertz CT molecular complexity index is 1140. The van der Waals surface area contributed by atoms with E-state index in [1.807, 2.05) is 6.07 Å². The highest BCUT2D eigenvalue weighted by Gasteiger charge is 2.20. The van der Waals surface area contributed by atoms with Crippen molar-refractivity contribution in [1.82, 2.24) is 14.5 Å². The number of hydrogen-bond acceptors (Lipinski definition) is 5. The molecule has 9 heteroatoms. The lowest BCUT2D eigenvalue weighted by atomic mass is 9.94. The fourth-order valence-corrected chi connectivity index (χ4v) is 3.64. The third-order valence-corrected chi connectivity index (χ3v) is 5.09. The van der Waals surface area contributed by atoms with Gasteiger partial charge in [0, 0.05) is 12.6 Å². The number of nitriles is 1. The van der Waals surface area contributed by atoms with Crippen molar-refractivity contribution in [2.45, 2.75) is 25.8 Å². The highest BCUT2D eigenvalue weighted by atomic mass is 79.9. The van der Waals surface area contributed by atoms with Crippen LogP contribution in [-0.2, 0) is 13.5 Å². The van der Waals surface area contributed by atoms with Crippen LogP contribution in [-0.4, -0.2) is 14.5 Å². The van der Waals surface area contributed by atoms with E-state index >= 15 is 0 Å². The Balaban J connectivity index is 2.08. The van der Waals surface area contributed by atoms with Gasteiger partial charge in [0.1, 0.15) is 17.8 Å². The van der Waals surface area contributed by atoms with Gasteiger partial charge in [-0.3, -0.25) is 9.36 Å². The Labute approximate surface area is 168 Å². The fraction of sp³-hybridized carbons (Fsp3) is 0.263. The van der Waals surface area contributed by atoms with Crippen molar-refractivity contribution in [2.24, 2.45) is 7.05 Å². The van der Waals surface area contributed by atoms with E-state index in [0.29, 0.717) is 32.5 Å². The number of nitrogens with one attached hydrogen (secondary N) is 1. The van der Waals surface area contributed by atoms with Crippen molar-refractivity contribution in [3.05, 3.63) is 62.1 Å². The summed E-state index contributed by atoms with van der Waals surface area (Å²) in [5.41, 5.74) is 0.968. The monoisotopic (exact) mass is 447 g/mol. The number of nitrogens with zero attached hydrogens (tertiary/aromatic N) is 4. The van der Waals surface area contributed by atoms with Crippen LogP contribution in [0.4, 0.5) is 14.6 Å². The summed E-state index contributed by atoms with van der Waals surface area (Å²) in [7, 11) is 1.60. The summed E-state index contributed by atoms with van der Waals surface area (Å²) in [6.07, 6.45) is -1.45. The first-order valence-corrected chi connectivity index (χ1v) is 9.18. The standard InChI is InChI=1S/C19H16BrF2N5O/c1-10(11-4-3-5-13(16(21)22)12(11)6-7-23)26-17-14-8-15(20)19(28)27(2)18(14)25-9-24-17/h3-5,8-10,16H,6H2,1-2H3,(H,24,25,26). The third kappa shape index (κ3) is 3.60. The molecule has 144 valence electrons. The largest absolute Gasteiger partial charge is 0.363 e. The van der Waals surface area contributed by atoms with Crippen LogP contribution in [0.15, 0.2) is 39.9 Å². The first kappa shape index (κ1) is 19.9. The number of benzene rings is 1. The van der Waals surface area contributed by atoms with Crippen LogP contribution in [0.5, 0.6) is 0 Å². The summed E-state index contributed by atoms with van der Waals surface area (Å²) >= 11 is 3.23. The van der Waals surface area contributed by atoms with Crippen LogP contribution in [0, 0.1) is 11.3 Å². The van der Waals surface area contributed by atoms with Crippen molar-refractivity contribution < 1.29 is 8.78 Å². The van der Waals surface area contributed by atoms with Gasteiger partial charge in [-0.1, -0.05) is 18.2 Å². The van der Waals surface area contributed by atoms with Gasteiger partial charge < -0.3 is 5.32 Å². The Morgan fingerprint density at radius 3 is 2.71 bits per heavy atom. The minimum Gasteiger partial charge on any atom is -0.363 e. The number of pyridine rings is 1. The Morgan fingerprint density at radius 1 is 1.32 bits per heavy atom.